The fourth-order valence-electron chi connectivity index (χ4n) is 2.88. The van der Waals surface area contributed by atoms with Gasteiger partial charge in [-0.3, -0.25) is 0 Å². The molecule has 0 amide bonds. The molecule has 17 heavy (non-hydrogen) atoms. The lowest BCUT2D eigenvalue weighted by Gasteiger charge is -2.37. The number of rotatable bonds is 3. The molecule has 2 heteroatoms. The monoisotopic (exact) mass is 232 g/mol. The number of anilines is 1. The van der Waals surface area contributed by atoms with Crippen molar-refractivity contribution in [3.63, 3.8) is 0 Å². The molecule has 0 spiro atoms. The Kier molecular flexibility index (Phi) is 3.72. The minimum absolute atomic E-state index is 0.279. The predicted molar refractivity (Wildman–Crippen MR) is 74.6 cm³/mol. The van der Waals surface area contributed by atoms with Crippen LogP contribution in [0.1, 0.15) is 37.8 Å². The van der Waals surface area contributed by atoms with Crippen molar-refractivity contribution in [1.82, 2.24) is 0 Å². The van der Waals surface area contributed by atoms with Crippen LogP contribution in [0.15, 0.2) is 18.2 Å². The first-order chi connectivity index (χ1) is 8.08. The van der Waals surface area contributed by atoms with Crippen molar-refractivity contribution >= 4 is 5.69 Å². The number of benzene rings is 1. The summed E-state index contributed by atoms with van der Waals surface area (Å²) in [6.07, 6.45) is 3.55. The van der Waals surface area contributed by atoms with Gasteiger partial charge in [0, 0.05) is 24.3 Å². The third-order valence-corrected chi connectivity index (χ3v) is 3.63. The molecule has 2 nitrogen and oxygen atoms in total. The molecule has 0 radical (unpaired) electrons. The van der Waals surface area contributed by atoms with Crippen LogP contribution in [0.4, 0.5) is 5.69 Å². The molecule has 2 unspecified atom stereocenters. The molecular formula is C15H24N2. The number of nitrogens with two attached hydrogens (primary N) is 1. The zero-order valence-corrected chi connectivity index (χ0v) is 11.2. The Labute approximate surface area is 105 Å². The van der Waals surface area contributed by atoms with Crippen molar-refractivity contribution in [2.24, 2.45) is 5.73 Å². The number of fused-ring (bicyclic) bond motifs is 1. The van der Waals surface area contributed by atoms with Crippen molar-refractivity contribution < 1.29 is 0 Å². The van der Waals surface area contributed by atoms with E-state index in [-0.39, 0.29) is 6.04 Å². The molecule has 0 saturated heterocycles. The van der Waals surface area contributed by atoms with E-state index in [0.717, 1.165) is 6.42 Å². The maximum absolute atomic E-state index is 5.92. The Morgan fingerprint density at radius 2 is 2.12 bits per heavy atom. The number of nitrogens with zero attached hydrogens (tertiary/aromatic N) is 1. The lowest BCUT2D eigenvalue weighted by atomic mass is 9.97. The first kappa shape index (κ1) is 12.4. The summed E-state index contributed by atoms with van der Waals surface area (Å²) in [5.74, 6) is 0. The van der Waals surface area contributed by atoms with Crippen LogP contribution in [0.25, 0.3) is 0 Å². The highest BCUT2D eigenvalue weighted by atomic mass is 15.2. The first-order valence-corrected chi connectivity index (χ1v) is 6.69. The van der Waals surface area contributed by atoms with E-state index in [9.17, 15) is 0 Å². The Balaban J connectivity index is 2.22. The largest absolute Gasteiger partial charge is 0.369 e. The summed E-state index contributed by atoms with van der Waals surface area (Å²) in [6, 6.07) is 7.65. The third kappa shape index (κ3) is 2.81. The predicted octanol–water partition coefficient (Wildman–Crippen LogP) is 2.87. The summed E-state index contributed by atoms with van der Waals surface area (Å²) in [7, 11) is 0. The average Bonchev–Trinajstić information content (AvgIpc) is 2.26. The summed E-state index contributed by atoms with van der Waals surface area (Å²) in [5.41, 5.74) is 10.2. The zero-order chi connectivity index (χ0) is 12.4. The van der Waals surface area contributed by atoms with Crippen LogP contribution in [0.5, 0.6) is 0 Å². The van der Waals surface area contributed by atoms with Crippen molar-refractivity contribution in [1.29, 1.82) is 0 Å². The molecule has 0 saturated carbocycles. The minimum atomic E-state index is 0.279. The number of aryl methyl sites for hydroxylation is 2. The van der Waals surface area contributed by atoms with E-state index in [1.54, 1.807) is 0 Å². The van der Waals surface area contributed by atoms with Gasteiger partial charge in [0.25, 0.3) is 0 Å². The van der Waals surface area contributed by atoms with Gasteiger partial charge in [-0.25, -0.2) is 0 Å². The summed E-state index contributed by atoms with van der Waals surface area (Å²) in [6.45, 7) is 7.73. The van der Waals surface area contributed by atoms with Crippen LogP contribution in [0.2, 0.25) is 0 Å². The molecule has 2 N–H and O–H groups in total. The second kappa shape index (κ2) is 5.09. The van der Waals surface area contributed by atoms with Gasteiger partial charge >= 0.3 is 0 Å². The second-order valence-electron chi connectivity index (χ2n) is 5.49. The van der Waals surface area contributed by atoms with E-state index in [1.165, 1.54) is 36.2 Å². The van der Waals surface area contributed by atoms with Crippen LogP contribution in [0.3, 0.4) is 0 Å². The summed E-state index contributed by atoms with van der Waals surface area (Å²) in [4.78, 5) is 2.53. The Hall–Kier alpha value is -1.02. The lowest BCUT2D eigenvalue weighted by Crippen LogP contribution is -2.40. The highest BCUT2D eigenvalue weighted by Gasteiger charge is 2.21. The van der Waals surface area contributed by atoms with E-state index < -0.39 is 0 Å². The van der Waals surface area contributed by atoms with Gasteiger partial charge in [0.2, 0.25) is 0 Å². The van der Waals surface area contributed by atoms with E-state index in [2.05, 4.69) is 43.9 Å². The van der Waals surface area contributed by atoms with Crippen molar-refractivity contribution in [3.8, 4) is 0 Å². The van der Waals surface area contributed by atoms with Crippen LogP contribution >= 0.6 is 0 Å². The van der Waals surface area contributed by atoms with Gasteiger partial charge in [-0.15, -0.1) is 0 Å². The molecule has 1 heterocycles. The molecule has 0 aromatic heterocycles. The van der Waals surface area contributed by atoms with Crippen LogP contribution in [-0.2, 0) is 6.42 Å². The Morgan fingerprint density at radius 3 is 2.82 bits per heavy atom. The maximum Gasteiger partial charge on any atom is 0.0401 e. The minimum Gasteiger partial charge on any atom is -0.369 e. The molecule has 1 aromatic carbocycles. The van der Waals surface area contributed by atoms with Gasteiger partial charge in [-0.1, -0.05) is 17.7 Å². The van der Waals surface area contributed by atoms with Gasteiger partial charge < -0.3 is 10.6 Å². The zero-order valence-electron chi connectivity index (χ0n) is 11.2. The van der Waals surface area contributed by atoms with Gasteiger partial charge in [-0.05, 0) is 51.7 Å². The Morgan fingerprint density at radius 1 is 1.35 bits per heavy atom. The van der Waals surface area contributed by atoms with Gasteiger partial charge in [0.15, 0.2) is 0 Å². The van der Waals surface area contributed by atoms with Crippen LogP contribution in [-0.4, -0.2) is 18.6 Å². The van der Waals surface area contributed by atoms with E-state index in [4.69, 9.17) is 5.73 Å². The average molecular weight is 232 g/mol. The molecule has 2 rings (SSSR count). The number of hydrogen-bond donors (Lipinski definition) is 1. The van der Waals surface area contributed by atoms with E-state index >= 15 is 0 Å². The molecule has 94 valence electrons. The van der Waals surface area contributed by atoms with Crippen molar-refractivity contribution in [2.75, 3.05) is 11.4 Å². The van der Waals surface area contributed by atoms with E-state index in [1.807, 2.05) is 0 Å². The van der Waals surface area contributed by atoms with Gasteiger partial charge in [-0.2, -0.15) is 0 Å². The maximum atomic E-state index is 5.92. The Bertz CT molecular complexity index is 385. The van der Waals surface area contributed by atoms with Gasteiger partial charge in [0.1, 0.15) is 0 Å². The smallest absolute Gasteiger partial charge is 0.0401 e. The van der Waals surface area contributed by atoms with Crippen LogP contribution in [0, 0.1) is 6.92 Å². The molecule has 2 atom stereocenters. The number of hydrogen-bond acceptors (Lipinski definition) is 2. The molecule has 0 aliphatic carbocycles. The molecular weight excluding hydrogens is 208 g/mol. The van der Waals surface area contributed by atoms with Crippen molar-refractivity contribution in [3.05, 3.63) is 29.3 Å². The van der Waals surface area contributed by atoms with Crippen molar-refractivity contribution in [2.45, 2.75) is 52.1 Å². The molecule has 0 bridgehead atoms. The molecule has 1 aliphatic rings. The fraction of sp³-hybridized carbons (Fsp3) is 0.600. The lowest BCUT2D eigenvalue weighted by molar-refractivity contribution is 0.517. The van der Waals surface area contributed by atoms with Gasteiger partial charge in [0.05, 0.1) is 0 Å². The fourth-order valence-corrected chi connectivity index (χ4v) is 2.88. The highest BCUT2D eigenvalue weighted by molar-refractivity contribution is 5.57. The quantitative estimate of drug-likeness (QED) is 0.868. The second-order valence-corrected chi connectivity index (χ2v) is 5.49. The summed E-state index contributed by atoms with van der Waals surface area (Å²) < 4.78 is 0. The third-order valence-electron chi connectivity index (χ3n) is 3.63. The van der Waals surface area contributed by atoms with Crippen LogP contribution < -0.4 is 10.6 Å². The molecule has 1 aromatic rings. The molecule has 1 aliphatic heterocycles. The first-order valence-electron chi connectivity index (χ1n) is 6.69. The summed E-state index contributed by atoms with van der Waals surface area (Å²) in [5, 5.41) is 0. The van der Waals surface area contributed by atoms with E-state index in [0.29, 0.717) is 6.04 Å². The topological polar surface area (TPSA) is 29.3 Å². The SMILES string of the molecule is Cc1ccc2c(c1)CCCN2C(C)CC(C)N. The molecule has 0 fully saturated rings. The highest BCUT2D eigenvalue weighted by Crippen LogP contribution is 2.30. The summed E-state index contributed by atoms with van der Waals surface area (Å²) >= 11 is 0. The normalized spacial score (nSPS) is 18.7. The standard InChI is InChI=1S/C15H24N2/c1-11-6-7-15-14(9-11)5-4-8-17(15)13(3)10-12(2)16/h6-7,9,12-13H,4-5,8,10,16H2,1-3H3.